The van der Waals surface area contributed by atoms with Crippen LogP contribution >= 0.6 is 27.5 Å². The maximum absolute atomic E-state index is 10.6. The van der Waals surface area contributed by atoms with Gasteiger partial charge in [-0.15, -0.1) is 11.6 Å². The van der Waals surface area contributed by atoms with Gasteiger partial charge in [0, 0.05) is 10.5 Å². The molecule has 1 atom stereocenters. The van der Waals surface area contributed by atoms with Gasteiger partial charge in [0.1, 0.15) is 12.4 Å². The summed E-state index contributed by atoms with van der Waals surface area (Å²) in [6.45, 7) is -0.0222. The Kier molecular flexibility index (Phi) is 4.52. The Morgan fingerprint density at radius 3 is 2.88 bits per heavy atom. The first-order chi connectivity index (χ1) is 7.52. The third-order valence-corrected chi connectivity index (χ3v) is 2.28. The van der Waals surface area contributed by atoms with Crippen LogP contribution in [0.2, 0.25) is 0 Å². The molecular weight excluding hydrogens is 299 g/mol. The van der Waals surface area contributed by atoms with Gasteiger partial charge in [0.2, 0.25) is 0 Å². The molecule has 0 heterocycles. The molecule has 1 aromatic rings. The second kappa shape index (κ2) is 5.68. The van der Waals surface area contributed by atoms with Crippen molar-refractivity contribution in [3.8, 4) is 11.8 Å². The van der Waals surface area contributed by atoms with Gasteiger partial charge in [0.05, 0.1) is 17.1 Å². The molecule has 0 amide bonds. The number of ether oxygens (including phenoxy) is 1. The Morgan fingerprint density at radius 2 is 2.31 bits per heavy atom. The highest BCUT2D eigenvalue weighted by atomic mass is 79.9. The molecule has 1 aromatic carbocycles. The van der Waals surface area contributed by atoms with Crippen molar-refractivity contribution in [3.63, 3.8) is 0 Å². The van der Waals surface area contributed by atoms with Crippen molar-refractivity contribution >= 4 is 33.2 Å². The zero-order valence-electron chi connectivity index (χ0n) is 7.89. The fourth-order valence-electron chi connectivity index (χ4n) is 0.943. The smallest absolute Gasteiger partial charge is 0.274 e. The van der Waals surface area contributed by atoms with Crippen molar-refractivity contribution in [1.29, 1.82) is 5.26 Å². The van der Waals surface area contributed by atoms with Crippen molar-refractivity contribution in [2.24, 2.45) is 0 Å². The summed E-state index contributed by atoms with van der Waals surface area (Å²) < 4.78 is 5.67. The maximum atomic E-state index is 10.6. The van der Waals surface area contributed by atoms with Gasteiger partial charge in [0.15, 0.2) is 5.38 Å². The minimum Gasteiger partial charge on any atom is -0.491 e. The van der Waals surface area contributed by atoms with E-state index in [2.05, 4.69) is 15.9 Å². The summed E-state index contributed by atoms with van der Waals surface area (Å²) in [5.74, 6) is 0.293. The quantitative estimate of drug-likeness (QED) is 0.487. The lowest BCUT2D eigenvalue weighted by atomic mass is 10.3. The van der Waals surface area contributed by atoms with Crippen LogP contribution in [0.3, 0.4) is 0 Å². The highest BCUT2D eigenvalue weighted by molar-refractivity contribution is 9.10. The number of rotatable bonds is 4. The number of halogens is 2. The molecule has 0 saturated carbocycles. The summed E-state index contributed by atoms with van der Waals surface area (Å²) in [7, 11) is 0. The van der Waals surface area contributed by atoms with Crippen LogP contribution in [-0.2, 0) is 0 Å². The second-order valence-electron chi connectivity index (χ2n) is 2.81. The molecule has 16 heavy (non-hydrogen) atoms. The highest BCUT2D eigenvalue weighted by Crippen LogP contribution is 2.26. The number of nitrogens with zero attached hydrogens (tertiary/aromatic N) is 2. The third-order valence-electron chi connectivity index (χ3n) is 1.60. The molecule has 0 saturated heterocycles. The van der Waals surface area contributed by atoms with E-state index in [1.165, 1.54) is 12.1 Å². The van der Waals surface area contributed by atoms with Gasteiger partial charge in [-0.25, -0.2) is 0 Å². The Bertz CT molecular complexity index is 447. The van der Waals surface area contributed by atoms with E-state index in [0.717, 1.165) is 0 Å². The number of nitro groups is 1. The summed E-state index contributed by atoms with van der Waals surface area (Å²) in [5, 5.41) is 18.2. The highest BCUT2D eigenvalue weighted by Gasteiger charge is 2.10. The van der Waals surface area contributed by atoms with E-state index in [4.69, 9.17) is 21.6 Å². The van der Waals surface area contributed by atoms with Gasteiger partial charge in [-0.1, -0.05) is 15.9 Å². The lowest BCUT2D eigenvalue weighted by Crippen LogP contribution is -2.09. The lowest BCUT2D eigenvalue weighted by Gasteiger charge is -2.06. The van der Waals surface area contributed by atoms with Crippen LogP contribution < -0.4 is 4.74 Å². The molecule has 0 aliphatic heterocycles. The molecule has 0 radical (unpaired) electrons. The van der Waals surface area contributed by atoms with E-state index in [1.807, 2.05) is 0 Å². The molecule has 0 bridgehead atoms. The molecule has 84 valence electrons. The summed E-state index contributed by atoms with van der Waals surface area (Å²) in [6.07, 6.45) is 0. The van der Waals surface area contributed by atoms with Crippen molar-refractivity contribution < 1.29 is 9.66 Å². The number of benzene rings is 1. The van der Waals surface area contributed by atoms with Crippen molar-refractivity contribution in [1.82, 2.24) is 0 Å². The standard InChI is InChI=1S/C9H6BrClN2O3/c10-6-1-8(13(14)15)3-9(2-6)16-5-7(11)4-12/h1-3,7H,5H2. The number of hydrogen-bond acceptors (Lipinski definition) is 4. The van der Waals surface area contributed by atoms with Crippen molar-refractivity contribution in [3.05, 3.63) is 32.8 Å². The summed E-state index contributed by atoms with van der Waals surface area (Å²) in [6, 6.07) is 5.97. The molecule has 1 unspecified atom stereocenters. The first-order valence-corrected chi connectivity index (χ1v) is 5.37. The molecule has 0 spiro atoms. The molecule has 1 rings (SSSR count). The van der Waals surface area contributed by atoms with Crippen LogP contribution in [0.25, 0.3) is 0 Å². The van der Waals surface area contributed by atoms with Crippen molar-refractivity contribution in [2.75, 3.05) is 6.61 Å². The van der Waals surface area contributed by atoms with Crippen LogP contribution in [0, 0.1) is 21.4 Å². The predicted octanol–water partition coefficient (Wildman–Crippen LogP) is 2.87. The first kappa shape index (κ1) is 12.7. The number of non-ortho nitro benzene ring substituents is 1. The van der Waals surface area contributed by atoms with Gasteiger partial charge in [0.25, 0.3) is 5.69 Å². The number of nitriles is 1. The Hall–Kier alpha value is -1.32. The normalized spacial score (nSPS) is 11.6. The van der Waals surface area contributed by atoms with Gasteiger partial charge in [-0.3, -0.25) is 10.1 Å². The predicted molar refractivity (Wildman–Crippen MR) is 61.5 cm³/mol. The molecule has 7 heteroatoms. The fraction of sp³-hybridized carbons (Fsp3) is 0.222. The Morgan fingerprint density at radius 1 is 1.62 bits per heavy atom. The van der Waals surface area contributed by atoms with E-state index in [0.29, 0.717) is 10.2 Å². The summed E-state index contributed by atoms with van der Waals surface area (Å²) in [4.78, 5) is 10.0. The van der Waals surface area contributed by atoms with Crippen LogP contribution in [0.1, 0.15) is 0 Å². The molecule has 0 aliphatic carbocycles. The minimum atomic E-state index is -0.780. The largest absolute Gasteiger partial charge is 0.491 e. The lowest BCUT2D eigenvalue weighted by molar-refractivity contribution is -0.385. The van der Waals surface area contributed by atoms with E-state index >= 15 is 0 Å². The van der Waals surface area contributed by atoms with Crippen LogP contribution in [0.4, 0.5) is 5.69 Å². The fourth-order valence-corrected chi connectivity index (χ4v) is 1.47. The zero-order valence-corrected chi connectivity index (χ0v) is 10.2. The number of nitro benzene ring substituents is 1. The molecule has 0 aliphatic rings. The molecule has 0 aromatic heterocycles. The van der Waals surface area contributed by atoms with E-state index < -0.39 is 10.3 Å². The average molecular weight is 306 g/mol. The number of alkyl halides is 1. The Balaban J connectivity index is 2.81. The van der Waals surface area contributed by atoms with Gasteiger partial charge in [-0.05, 0) is 6.07 Å². The molecule has 5 nitrogen and oxygen atoms in total. The van der Waals surface area contributed by atoms with Gasteiger partial charge < -0.3 is 4.74 Å². The topological polar surface area (TPSA) is 76.2 Å². The van der Waals surface area contributed by atoms with E-state index in [1.54, 1.807) is 12.1 Å². The van der Waals surface area contributed by atoms with Gasteiger partial charge in [-0.2, -0.15) is 5.26 Å². The molecule has 0 N–H and O–H groups in total. The molecular formula is C9H6BrClN2O3. The van der Waals surface area contributed by atoms with E-state index in [-0.39, 0.29) is 12.3 Å². The SMILES string of the molecule is N#CC(Cl)COc1cc(Br)cc([N+](=O)[O-])c1. The minimum absolute atomic E-state index is 0.0222. The van der Waals surface area contributed by atoms with Gasteiger partial charge >= 0.3 is 0 Å². The van der Waals surface area contributed by atoms with Crippen molar-refractivity contribution in [2.45, 2.75) is 5.38 Å². The maximum Gasteiger partial charge on any atom is 0.274 e. The summed E-state index contributed by atoms with van der Waals surface area (Å²) in [5.41, 5.74) is -0.0903. The molecule has 0 fully saturated rings. The zero-order chi connectivity index (χ0) is 12.1. The average Bonchev–Trinajstić information content (AvgIpc) is 2.25. The third kappa shape index (κ3) is 3.68. The first-order valence-electron chi connectivity index (χ1n) is 4.14. The van der Waals surface area contributed by atoms with Crippen LogP contribution in [-0.4, -0.2) is 16.9 Å². The number of hydrogen-bond donors (Lipinski definition) is 0. The summed E-state index contributed by atoms with van der Waals surface area (Å²) >= 11 is 8.65. The van der Waals surface area contributed by atoms with Crippen LogP contribution in [0.15, 0.2) is 22.7 Å². The second-order valence-corrected chi connectivity index (χ2v) is 4.25. The van der Waals surface area contributed by atoms with Crippen LogP contribution in [0.5, 0.6) is 5.75 Å². The monoisotopic (exact) mass is 304 g/mol. The van der Waals surface area contributed by atoms with E-state index in [9.17, 15) is 10.1 Å². The Labute approximate surface area is 105 Å².